The molecule has 2 aromatic heterocycles. The van der Waals surface area contributed by atoms with Crippen LogP contribution in [-0.4, -0.2) is 35.5 Å². The number of hydrogen-bond acceptors (Lipinski definition) is 5. The van der Waals surface area contributed by atoms with Crippen LogP contribution in [0.2, 0.25) is 5.02 Å². The Morgan fingerprint density at radius 3 is 2.84 bits per heavy atom. The molecule has 0 saturated carbocycles. The van der Waals surface area contributed by atoms with Crippen molar-refractivity contribution in [1.29, 1.82) is 0 Å². The van der Waals surface area contributed by atoms with E-state index in [1.807, 2.05) is 6.08 Å². The first-order chi connectivity index (χ1) is 14.9. The van der Waals surface area contributed by atoms with Crippen LogP contribution in [0, 0.1) is 11.6 Å². The molecular formula is C22H20ClF2N3O3. The number of carbonyl (C=O) groups excluding carboxylic acids is 1. The summed E-state index contributed by atoms with van der Waals surface area (Å²) in [6, 6.07) is 2.00. The lowest BCUT2D eigenvalue weighted by molar-refractivity contribution is -0.128. The summed E-state index contributed by atoms with van der Waals surface area (Å²) in [6.45, 7) is 2.70. The number of hydrogen-bond donors (Lipinski definition) is 1. The van der Waals surface area contributed by atoms with Gasteiger partial charge in [-0.25, -0.2) is 13.8 Å². The molecule has 0 aliphatic carbocycles. The van der Waals surface area contributed by atoms with E-state index in [2.05, 4.69) is 4.98 Å². The molecule has 3 heterocycles. The van der Waals surface area contributed by atoms with E-state index in [0.29, 0.717) is 25.1 Å². The minimum Gasteiger partial charge on any atom is -0.486 e. The second kappa shape index (κ2) is 8.55. The van der Waals surface area contributed by atoms with Crippen LogP contribution >= 0.6 is 11.6 Å². The lowest BCUT2D eigenvalue weighted by Crippen LogP contribution is -2.32. The number of fused-ring (bicyclic) bond motifs is 1. The number of anilines is 1. The first-order valence-electron chi connectivity index (χ1n) is 9.72. The van der Waals surface area contributed by atoms with Gasteiger partial charge in [-0.2, -0.15) is 0 Å². The van der Waals surface area contributed by atoms with Gasteiger partial charge in [-0.05, 0) is 24.1 Å². The summed E-state index contributed by atoms with van der Waals surface area (Å²) >= 11 is 5.87. The molecule has 9 heteroatoms. The molecule has 0 saturated heterocycles. The number of nitrogens with zero attached hydrogens (tertiary/aromatic N) is 2. The van der Waals surface area contributed by atoms with Crippen LogP contribution < -0.4 is 10.5 Å². The summed E-state index contributed by atoms with van der Waals surface area (Å²) in [5.41, 5.74) is 8.32. The van der Waals surface area contributed by atoms with Crippen LogP contribution in [0.25, 0.3) is 16.5 Å². The van der Waals surface area contributed by atoms with Crippen molar-refractivity contribution in [3.8, 4) is 5.75 Å². The smallest absolute Gasteiger partial charge is 0.219 e. The van der Waals surface area contributed by atoms with E-state index in [4.69, 9.17) is 26.5 Å². The maximum Gasteiger partial charge on any atom is 0.219 e. The average Bonchev–Trinajstić information content (AvgIpc) is 3.19. The van der Waals surface area contributed by atoms with Gasteiger partial charge in [0, 0.05) is 43.8 Å². The predicted molar refractivity (Wildman–Crippen MR) is 114 cm³/mol. The topological polar surface area (TPSA) is 81.6 Å². The quantitative estimate of drug-likeness (QED) is 0.578. The summed E-state index contributed by atoms with van der Waals surface area (Å²) in [4.78, 5) is 17.5. The summed E-state index contributed by atoms with van der Waals surface area (Å²) in [7, 11) is 0. The van der Waals surface area contributed by atoms with Crippen LogP contribution in [0.5, 0.6) is 5.75 Å². The number of furan rings is 1. The van der Waals surface area contributed by atoms with Crippen LogP contribution in [0.1, 0.15) is 24.5 Å². The third-order valence-electron chi connectivity index (χ3n) is 5.34. The van der Waals surface area contributed by atoms with Gasteiger partial charge in [0.05, 0.1) is 23.3 Å². The molecule has 1 aliphatic rings. The molecule has 0 radical (unpaired) electrons. The monoisotopic (exact) mass is 447 g/mol. The van der Waals surface area contributed by atoms with Crippen molar-refractivity contribution in [3.05, 3.63) is 58.5 Å². The van der Waals surface area contributed by atoms with Crippen molar-refractivity contribution in [1.82, 2.24) is 9.88 Å². The van der Waals surface area contributed by atoms with Crippen molar-refractivity contribution in [2.45, 2.75) is 19.8 Å². The number of benzene rings is 1. The Bertz CT molecular complexity index is 1190. The second-order valence-electron chi connectivity index (χ2n) is 7.23. The Kier molecular flexibility index (Phi) is 5.82. The van der Waals surface area contributed by atoms with Crippen molar-refractivity contribution in [2.75, 3.05) is 25.4 Å². The maximum atomic E-state index is 14.0. The van der Waals surface area contributed by atoms with Gasteiger partial charge < -0.3 is 19.8 Å². The minimum absolute atomic E-state index is 0.00259. The van der Waals surface area contributed by atoms with Crippen molar-refractivity contribution < 1.29 is 22.7 Å². The van der Waals surface area contributed by atoms with Gasteiger partial charge in [-0.15, -0.1) is 0 Å². The minimum atomic E-state index is -0.693. The fourth-order valence-corrected chi connectivity index (χ4v) is 3.87. The van der Waals surface area contributed by atoms with Crippen molar-refractivity contribution in [2.24, 2.45) is 0 Å². The van der Waals surface area contributed by atoms with Crippen LogP contribution in [-0.2, 0) is 11.2 Å². The molecule has 31 heavy (non-hydrogen) atoms. The molecule has 4 rings (SSSR count). The SMILES string of the molecule is CC(=O)N1CC=C(c2coc3c(OCCc4c(F)ccc(F)c4Cl)c(N)ncc23)CC1. The zero-order valence-electron chi connectivity index (χ0n) is 16.8. The summed E-state index contributed by atoms with van der Waals surface area (Å²) in [5.74, 6) is -0.907. The standard InChI is InChI=1S/C22H20ClF2N3O3/c1-12(29)28-7-4-13(5-8-28)16-11-31-20-15(16)10-27-22(26)21(20)30-9-6-14-17(24)2-3-18(25)19(14)23/h2-4,10-11H,5-9H2,1H3,(H2,26,27). The zero-order chi connectivity index (χ0) is 22.1. The second-order valence-corrected chi connectivity index (χ2v) is 7.61. The first-order valence-corrected chi connectivity index (χ1v) is 10.1. The summed E-state index contributed by atoms with van der Waals surface area (Å²) in [6.07, 6.45) is 5.93. The molecule has 162 valence electrons. The van der Waals surface area contributed by atoms with E-state index in [-0.39, 0.29) is 41.1 Å². The van der Waals surface area contributed by atoms with Gasteiger partial charge in [-0.1, -0.05) is 17.7 Å². The molecule has 0 bridgehead atoms. The Labute approximate surface area is 182 Å². The number of aromatic nitrogens is 1. The number of ether oxygens (including phenoxy) is 1. The van der Waals surface area contributed by atoms with Crippen molar-refractivity contribution in [3.63, 3.8) is 0 Å². The number of rotatable bonds is 5. The van der Waals surface area contributed by atoms with Crippen LogP contribution in [0.3, 0.4) is 0 Å². The van der Waals surface area contributed by atoms with Crippen LogP contribution in [0.15, 0.2) is 35.1 Å². The Morgan fingerprint density at radius 2 is 2.13 bits per heavy atom. The first kappa shape index (κ1) is 21.1. The van der Waals surface area contributed by atoms with E-state index < -0.39 is 11.6 Å². The predicted octanol–water partition coefficient (Wildman–Crippen LogP) is 4.60. The van der Waals surface area contributed by atoms with E-state index in [9.17, 15) is 13.6 Å². The molecule has 2 N–H and O–H groups in total. The largest absolute Gasteiger partial charge is 0.486 e. The molecule has 6 nitrogen and oxygen atoms in total. The van der Waals surface area contributed by atoms with Gasteiger partial charge in [-0.3, -0.25) is 4.79 Å². The Hall–Kier alpha value is -3.13. The van der Waals surface area contributed by atoms with E-state index in [0.717, 1.165) is 28.7 Å². The maximum absolute atomic E-state index is 14.0. The van der Waals surface area contributed by atoms with Gasteiger partial charge in [0.1, 0.15) is 11.6 Å². The molecule has 1 aromatic carbocycles. The lowest BCUT2D eigenvalue weighted by Gasteiger charge is -2.25. The van der Waals surface area contributed by atoms with Gasteiger partial charge >= 0.3 is 0 Å². The number of amides is 1. The Morgan fingerprint density at radius 1 is 1.35 bits per heavy atom. The van der Waals surface area contributed by atoms with Gasteiger partial charge in [0.15, 0.2) is 11.4 Å². The average molecular weight is 448 g/mol. The molecular weight excluding hydrogens is 428 g/mol. The van der Waals surface area contributed by atoms with E-state index in [1.54, 1.807) is 24.3 Å². The van der Waals surface area contributed by atoms with E-state index in [1.165, 1.54) is 0 Å². The summed E-state index contributed by atoms with van der Waals surface area (Å²) in [5, 5.41) is 0.457. The van der Waals surface area contributed by atoms with Crippen LogP contribution in [0.4, 0.5) is 14.6 Å². The Balaban J connectivity index is 1.57. The molecule has 1 amide bonds. The third-order valence-corrected chi connectivity index (χ3v) is 5.75. The van der Waals surface area contributed by atoms with E-state index >= 15 is 0 Å². The zero-order valence-corrected chi connectivity index (χ0v) is 17.5. The molecule has 0 fully saturated rings. The highest BCUT2D eigenvalue weighted by Crippen LogP contribution is 2.37. The number of nitrogen functional groups attached to an aromatic ring is 1. The highest BCUT2D eigenvalue weighted by atomic mass is 35.5. The number of carbonyl (C=O) groups is 1. The normalized spacial score (nSPS) is 14.1. The third kappa shape index (κ3) is 4.07. The molecule has 0 atom stereocenters. The number of halogens is 3. The fraction of sp³-hybridized carbons (Fsp3) is 0.273. The highest BCUT2D eigenvalue weighted by molar-refractivity contribution is 6.31. The van der Waals surface area contributed by atoms with Crippen molar-refractivity contribution >= 4 is 39.9 Å². The number of nitrogens with two attached hydrogens (primary N) is 1. The molecule has 3 aromatic rings. The lowest BCUT2D eigenvalue weighted by atomic mass is 9.99. The summed E-state index contributed by atoms with van der Waals surface area (Å²) < 4.78 is 39.1. The molecule has 0 spiro atoms. The molecule has 0 unspecified atom stereocenters. The van der Waals surface area contributed by atoms with Gasteiger partial charge in [0.25, 0.3) is 0 Å². The molecule has 1 aliphatic heterocycles. The highest BCUT2D eigenvalue weighted by Gasteiger charge is 2.21. The fourth-order valence-electron chi connectivity index (χ4n) is 3.62. The van der Waals surface area contributed by atoms with Gasteiger partial charge in [0.2, 0.25) is 11.7 Å². The number of pyridine rings is 1.